The van der Waals surface area contributed by atoms with Gasteiger partial charge < -0.3 is 14.8 Å². The summed E-state index contributed by atoms with van der Waals surface area (Å²) in [5.74, 6) is 0.879. The zero-order chi connectivity index (χ0) is 13.3. The summed E-state index contributed by atoms with van der Waals surface area (Å²) < 4.78 is 13.2. The molecule has 0 bridgehead atoms. The van der Waals surface area contributed by atoms with Crippen molar-refractivity contribution in [3.63, 3.8) is 0 Å². The predicted molar refractivity (Wildman–Crippen MR) is 70.9 cm³/mol. The maximum atomic E-state index is 5.82. The maximum absolute atomic E-state index is 5.82. The molecule has 0 amide bonds. The monoisotopic (exact) mass is 253 g/mol. The summed E-state index contributed by atoms with van der Waals surface area (Å²) in [6.45, 7) is 7.09. The highest BCUT2D eigenvalue weighted by molar-refractivity contribution is 5.36. The molecule has 2 unspecified atom stereocenters. The average Bonchev–Trinajstić information content (AvgIpc) is 2.94. The fraction of sp³-hybridized carbons (Fsp3) is 0.769. The van der Waals surface area contributed by atoms with Gasteiger partial charge in [0.2, 0.25) is 0 Å². The Morgan fingerprint density at radius 1 is 1.50 bits per heavy atom. The van der Waals surface area contributed by atoms with E-state index in [0.29, 0.717) is 6.61 Å². The largest absolute Gasteiger partial charge is 0.379 e. The second kappa shape index (κ2) is 4.90. The SMILES string of the molecule is CNc1cc(C2CC(OC)CO2)n(C(C)(C)C)n1. The van der Waals surface area contributed by atoms with E-state index in [1.807, 2.05) is 11.7 Å². The minimum Gasteiger partial charge on any atom is -0.379 e. The first kappa shape index (κ1) is 13.4. The van der Waals surface area contributed by atoms with Crippen LogP contribution in [0.5, 0.6) is 0 Å². The molecule has 0 aromatic carbocycles. The Kier molecular flexibility index (Phi) is 3.64. The van der Waals surface area contributed by atoms with E-state index in [9.17, 15) is 0 Å². The number of ether oxygens (including phenoxy) is 2. The average molecular weight is 253 g/mol. The van der Waals surface area contributed by atoms with Crippen molar-refractivity contribution in [3.8, 4) is 0 Å². The number of nitrogens with zero attached hydrogens (tertiary/aromatic N) is 2. The minimum absolute atomic E-state index is 0.0566. The van der Waals surface area contributed by atoms with E-state index < -0.39 is 0 Å². The summed E-state index contributed by atoms with van der Waals surface area (Å²) in [7, 11) is 3.61. The Balaban J connectivity index is 2.29. The highest BCUT2D eigenvalue weighted by Gasteiger charge is 2.32. The third-order valence-corrected chi connectivity index (χ3v) is 3.25. The number of anilines is 1. The molecule has 1 saturated heterocycles. The molecule has 1 N–H and O–H groups in total. The first-order valence-corrected chi connectivity index (χ1v) is 6.38. The van der Waals surface area contributed by atoms with Crippen LogP contribution in [0.3, 0.4) is 0 Å². The van der Waals surface area contributed by atoms with E-state index in [4.69, 9.17) is 9.47 Å². The predicted octanol–water partition coefficient (Wildman–Crippen LogP) is 2.16. The van der Waals surface area contributed by atoms with Crippen LogP contribution in [-0.4, -0.2) is 36.6 Å². The summed E-state index contributed by atoms with van der Waals surface area (Å²) in [5.41, 5.74) is 1.06. The van der Waals surface area contributed by atoms with Gasteiger partial charge in [0.25, 0.3) is 0 Å². The van der Waals surface area contributed by atoms with Gasteiger partial charge in [0.05, 0.1) is 23.9 Å². The van der Waals surface area contributed by atoms with E-state index in [-0.39, 0.29) is 17.7 Å². The zero-order valence-electron chi connectivity index (χ0n) is 11.9. The third kappa shape index (κ3) is 2.52. The van der Waals surface area contributed by atoms with Crippen molar-refractivity contribution >= 4 is 5.82 Å². The second-order valence-electron chi connectivity index (χ2n) is 5.70. The molecule has 1 aromatic rings. The topological polar surface area (TPSA) is 48.3 Å². The van der Waals surface area contributed by atoms with Crippen molar-refractivity contribution in [3.05, 3.63) is 11.8 Å². The van der Waals surface area contributed by atoms with Crippen LogP contribution in [0.15, 0.2) is 6.07 Å². The molecule has 1 aliphatic rings. The number of hydrogen-bond donors (Lipinski definition) is 1. The summed E-state index contributed by atoms with van der Waals surface area (Å²) in [5, 5.41) is 7.67. The van der Waals surface area contributed by atoms with E-state index >= 15 is 0 Å². The quantitative estimate of drug-likeness (QED) is 0.896. The zero-order valence-corrected chi connectivity index (χ0v) is 11.9. The highest BCUT2D eigenvalue weighted by Crippen LogP contribution is 2.33. The van der Waals surface area contributed by atoms with Crippen LogP contribution in [0.4, 0.5) is 5.82 Å². The minimum atomic E-state index is -0.0566. The lowest BCUT2D eigenvalue weighted by atomic mass is 10.1. The Labute approximate surface area is 108 Å². The van der Waals surface area contributed by atoms with Gasteiger partial charge in [-0.1, -0.05) is 0 Å². The first-order valence-electron chi connectivity index (χ1n) is 6.38. The smallest absolute Gasteiger partial charge is 0.148 e. The van der Waals surface area contributed by atoms with Crippen LogP contribution in [-0.2, 0) is 15.0 Å². The number of rotatable bonds is 3. The lowest BCUT2D eigenvalue weighted by Crippen LogP contribution is -2.26. The number of methoxy groups -OCH3 is 1. The molecular formula is C13H23N3O2. The van der Waals surface area contributed by atoms with E-state index in [1.165, 1.54) is 0 Å². The van der Waals surface area contributed by atoms with Gasteiger partial charge in [-0.05, 0) is 20.8 Å². The van der Waals surface area contributed by atoms with E-state index in [2.05, 4.69) is 37.3 Å². The standard InChI is InChI=1S/C13H23N3O2/c1-13(2,3)16-10(7-12(14-4)15-16)11-6-9(17-5)8-18-11/h7,9,11H,6,8H2,1-5H3,(H,14,15). The normalized spacial score (nSPS) is 24.5. The fourth-order valence-corrected chi connectivity index (χ4v) is 2.25. The van der Waals surface area contributed by atoms with Gasteiger partial charge in [-0.2, -0.15) is 5.10 Å². The molecular weight excluding hydrogens is 230 g/mol. The molecule has 5 nitrogen and oxygen atoms in total. The Hall–Kier alpha value is -1.07. The van der Waals surface area contributed by atoms with Crippen LogP contribution < -0.4 is 5.32 Å². The molecule has 102 valence electrons. The molecule has 0 radical (unpaired) electrons. The molecule has 1 aromatic heterocycles. The van der Waals surface area contributed by atoms with E-state index in [0.717, 1.165) is 17.9 Å². The van der Waals surface area contributed by atoms with Crippen molar-refractivity contribution < 1.29 is 9.47 Å². The molecule has 2 heterocycles. The fourth-order valence-electron chi connectivity index (χ4n) is 2.25. The van der Waals surface area contributed by atoms with Crippen molar-refractivity contribution in [1.29, 1.82) is 0 Å². The van der Waals surface area contributed by atoms with Gasteiger partial charge in [0.1, 0.15) is 11.9 Å². The van der Waals surface area contributed by atoms with Crippen LogP contribution in [0.25, 0.3) is 0 Å². The van der Waals surface area contributed by atoms with Crippen LogP contribution in [0.2, 0.25) is 0 Å². The lowest BCUT2D eigenvalue weighted by molar-refractivity contribution is 0.0633. The van der Waals surface area contributed by atoms with Crippen molar-refractivity contribution in [2.45, 2.75) is 44.9 Å². The lowest BCUT2D eigenvalue weighted by Gasteiger charge is -2.24. The molecule has 1 fully saturated rings. The molecule has 5 heteroatoms. The molecule has 0 aliphatic carbocycles. The van der Waals surface area contributed by atoms with Crippen LogP contribution in [0, 0.1) is 0 Å². The maximum Gasteiger partial charge on any atom is 0.148 e. The van der Waals surface area contributed by atoms with Gasteiger partial charge in [-0.15, -0.1) is 0 Å². The second-order valence-corrected chi connectivity index (χ2v) is 5.70. The summed E-state index contributed by atoms with van der Waals surface area (Å²) >= 11 is 0. The van der Waals surface area contributed by atoms with E-state index in [1.54, 1.807) is 7.11 Å². The summed E-state index contributed by atoms with van der Waals surface area (Å²) in [6.07, 6.45) is 1.15. The van der Waals surface area contributed by atoms with Crippen molar-refractivity contribution in [1.82, 2.24) is 9.78 Å². The van der Waals surface area contributed by atoms with Crippen LogP contribution in [0.1, 0.15) is 39.0 Å². The molecule has 0 saturated carbocycles. The van der Waals surface area contributed by atoms with Gasteiger partial charge in [0, 0.05) is 26.6 Å². The Bertz CT molecular complexity index is 409. The third-order valence-electron chi connectivity index (χ3n) is 3.25. The number of nitrogens with one attached hydrogen (secondary N) is 1. The number of hydrogen-bond acceptors (Lipinski definition) is 4. The molecule has 2 atom stereocenters. The molecule has 1 aliphatic heterocycles. The Morgan fingerprint density at radius 3 is 2.72 bits per heavy atom. The Morgan fingerprint density at radius 2 is 2.22 bits per heavy atom. The van der Waals surface area contributed by atoms with Gasteiger partial charge in [-0.3, -0.25) is 4.68 Å². The van der Waals surface area contributed by atoms with Gasteiger partial charge in [0.15, 0.2) is 0 Å². The highest BCUT2D eigenvalue weighted by atomic mass is 16.5. The summed E-state index contributed by atoms with van der Waals surface area (Å²) in [4.78, 5) is 0. The van der Waals surface area contributed by atoms with Gasteiger partial charge in [-0.25, -0.2) is 0 Å². The number of aromatic nitrogens is 2. The first-order chi connectivity index (χ1) is 8.45. The van der Waals surface area contributed by atoms with Gasteiger partial charge >= 0.3 is 0 Å². The summed E-state index contributed by atoms with van der Waals surface area (Å²) in [6, 6.07) is 2.06. The van der Waals surface area contributed by atoms with Crippen LogP contribution >= 0.6 is 0 Å². The molecule has 0 spiro atoms. The van der Waals surface area contributed by atoms with Crippen molar-refractivity contribution in [2.24, 2.45) is 0 Å². The molecule has 2 rings (SSSR count). The van der Waals surface area contributed by atoms with Crippen molar-refractivity contribution in [2.75, 3.05) is 26.1 Å². The molecule has 18 heavy (non-hydrogen) atoms.